The van der Waals surface area contributed by atoms with Crippen molar-refractivity contribution in [3.63, 3.8) is 0 Å². The van der Waals surface area contributed by atoms with Gasteiger partial charge in [-0.15, -0.1) is 0 Å². The van der Waals surface area contributed by atoms with Gasteiger partial charge in [-0.1, -0.05) is 48.0 Å². The molecule has 0 atom stereocenters. The molecule has 0 saturated carbocycles. The maximum atomic E-state index is 12.2. The van der Waals surface area contributed by atoms with Crippen molar-refractivity contribution in [1.82, 2.24) is 15.5 Å². The molecule has 1 saturated heterocycles. The highest BCUT2D eigenvalue weighted by atomic mass is 35.5. The van der Waals surface area contributed by atoms with Gasteiger partial charge in [0, 0.05) is 26.2 Å². The second kappa shape index (κ2) is 10.2. The van der Waals surface area contributed by atoms with Gasteiger partial charge in [-0.25, -0.2) is 0 Å². The first-order chi connectivity index (χ1) is 13.6. The predicted octanol–water partition coefficient (Wildman–Crippen LogP) is 2.22. The molecule has 0 bridgehead atoms. The summed E-state index contributed by atoms with van der Waals surface area (Å²) in [6.07, 6.45) is 0. The van der Waals surface area contributed by atoms with Crippen LogP contribution in [0.4, 0.5) is 0 Å². The summed E-state index contributed by atoms with van der Waals surface area (Å²) < 4.78 is 5.39. The van der Waals surface area contributed by atoms with Crippen molar-refractivity contribution in [2.75, 3.05) is 32.8 Å². The zero-order valence-corrected chi connectivity index (χ0v) is 16.4. The molecule has 148 valence electrons. The zero-order valence-electron chi connectivity index (χ0n) is 15.6. The van der Waals surface area contributed by atoms with Crippen LogP contribution < -0.4 is 10.6 Å². The van der Waals surface area contributed by atoms with Crippen LogP contribution in [0.5, 0.6) is 0 Å². The molecule has 2 N–H and O–H groups in total. The smallest absolute Gasteiger partial charge is 0.253 e. The predicted molar refractivity (Wildman–Crippen MR) is 108 cm³/mol. The molecule has 2 aromatic carbocycles. The number of halogens is 1. The second-order valence-corrected chi connectivity index (χ2v) is 7.00. The summed E-state index contributed by atoms with van der Waals surface area (Å²) in [5.41, 5.74) is 2.61. The highest BCUT2D eigenvalue weighted by Gasteiger charge is 2.14. The number of benzene rings is 2. The molecule has 1 aliphatic rings. The fraction of sp³-hybridized carbons (Fsp3) is 0.333. The average Bonchev–Trinajstić information content (AvgIpc) is 2.72. The van der Waals surface area contributed by atoms with Crippen molar-refractivity contribution >= 4 is 23.4 Å². The van der Waals surface area contributed by atoms with E-state index in [1.807, 2.05) is 18.2 Å². The van der Waals surface area contributed by atoms with Crippen molar-refractivity contribution in [2.45, 2.75) is 13.1 Å². The summed E-state index contributed by atoms with van der Waals surface area (Å²) in [5, 5.41) is 5.83. The highest BCUT2D eigenvalue weighted by molar-refractivity contribution is 6.33. The summed E-state index contributed by atoms with van der Waals surface area (Å²) in [4.78, 5) is 26.6. The number of carbonyl (C=O) groups is 2. The molecule has 3 rings (SSSR count). The summed E-state index contributed by atoms with van der Waals surface area (Å²) in [6, 6.07) is 14.8. The summed E-state index contributed by atoms with van der Waals surface area (Å²) in [7, 11) is 0. The molecule has 1 fully saturated rings. The van der Waals surface area contributed by atoms with Gasteiger partial charge in [-0.3, -0.25) is 14.5 Å². The lowest BCUT2D eigenvalue weighted by Crippen LogP contribution is -2.37. The SMILES string of the molecule is O=C(CNC(=O)c1ccccc1Cl)NCc1ccccc1CN1CCOCC1. The molecule has 0 spiro atoms. The van der Waals surface area contributed by atoms with Crippen LogP contribution in [-0.2, 0) is 22.6 Å². The molecule has 2 aromatic rings. The Morgan fingerprint density at radius 2 is 1.64 bits per heavy atom. The number of hydrogen-bond acceptors (Lipinski definition) is 4. The lowest BCUT2D eigenvalue weighted by molar-refractivity contribution is -0.120. The van der Waals surface area contributed by atoms with Crippen molar-refractivity contribution in [1.29, 1.82) is 0 Å². The number of nitrogens with zero attached hydrogens (tertiary/aromatic N) is 1. The molecular weight excluding hydrogens is 378 g/mol. The van der Waals surface area contributed by atoms with Crippen LogP contribution in [0.25, 0.3) is 0 Å². The minimum Gasteiger partial charge on any atom is -0.379 e. The van der Waals surface area contributed by atoms with Gasteiger partial charge >= 0.3 is 0 Å². The van der Waals surface area contributed by atoms with Gasteiger partial charge in [-0.2, -0.15) is 0 Å². The molecule has 1 heterocycles. The minimum atomic E-state index is -0.367. The van der Waals surface area contributed by atoms with E-state index in [-0.39, 0.29) is 18.4 Å². The average molecular weight is 402 g/mol. The van der Waals surface area contributed by atoms with Crippen molar-refractivity contribution in [3.05, 3.63) is 70.2 Å². The topological polar surface area (TPSA) is 70.7 Å². The fourth-order valence-corrected chi connectivity index (χ4v) is 3.26. The van der Waals surface area contributed by atoms with E-state index in [0.29, 0.717) is 17.1 Å². The van der Waals surface area contributed by atoms with Gasteiger partial charge < -0.3 is 15.4 Å². The Kier molecular flexibility index (Phi) is 7.42. The Bertz CT molecular complexity index is 822. The third kappa shape index (κ3) is 5.79. The number of rotatable bonds is 7. The van der Waals surface area contributed by atoms with Crippen molar-refractivity contribution in [2.24, 2.45) is 0 Å². The molecule has 6 nitrogen and oxygen atoms in total. The van der Waals surface area contributed by atoms with E-state index < -0.39 is 0 Å². The van der Waals surface area contributed by atoms with E-state index in [4.69, 9.17) is 16.3 Å². The first-order valence-electron chi connectivity index (χ1n) is 9.30. The second-order valence-electron chi connectivity index (χ2n) is 6.60. The lowest BCUT2D eigenvalue weighted by Gasteiger charge is -2.27. The Morgan fingerprint density at radius 1 is 0.964 bits per heavy atom. The molecule has 0 aromatic heterocycles. The quantitative estimate of drug-likeness (QED) is 0.746. The molecule has 0 unspecified atom stereocenters. The summed E-state index contributed by atoms with van der Waals surface area (Å²) in [5.74, 6) is -0.616. The molecule has 0 aliphatic carbocycles. The molecule has 2 amide bonds. The van der Waals surface area contributed by atoms with Gasteiger partial charge in [0.15, 0.2) is 0 Å². The van der Waals surface area contributed by atoms with Gasteiger partial charge in [0.1, 0.15) is 0 Å². The number of ether oxygens (including phenoxy) is 1. The van der Waals surface area contributed by atoms with Gasteiger partial charge in [0.05, 0.1) is 30.3 Å². The summed E-state index contributed by atoms with van der Waals surface area (Å²) >= 11 is 6.00. The molecule has 1 aliphatic heterocycles. The normalized spacial score (nSPS) is 14.5. The molecular formula is C21H24ClN3O3. The Morgan fingerprint density at radius 3 is 2.39 bits per heavy atom. The number of morpholine rings is 1. The van der Waals surface area contributed by atoms with Gasteiger partial charge in [-0.05, 0) is 23.3 Å². The first kappa shape index (κ1) is 20.3. The Balaban J connectivity index is 1.49. The van der Waals surface area contributed by atoms with Crippen LogP contribution >= 0.6 is 11.6 Å². The largest absolute Gasteiger partial charge is 0.379 e. The van der Waals surface area contributed by atoms with Gasteiger partial charge in [0.2, 0.25) is 5.91 Å². The third-order valence-electron chi connectivity index (χ3n) is 4.62. The minimum absolute atomic E-state index is 0.102. The standard InChI is InChI=1S/C21H24ClN3O3/c22-19-8-4-3-7-18(19)21(27)24-14-20(26)23-13-16-5-1-2-6-17(16)15-25-9-11-28-12-10-25/h1-8H,9-15H2,(H,23,26)(H,24,27). The maximum absolute atomic E-state index is 12.2. The zero-order chi connectivity index (χ0) is 19.8. The van der Waals surface area contributed by atoms with Gasteiger partial charge in [0.25, 0.3) is 5.91 Å². The fourth-order valence-electron chi connectivity index (χ4n) is 3.04. The summed E-state index contributed by atoms with van der Waals surface area (Å²) in [6.45, 7) is 4.48. The van der Waals surface area contributed by atoms with E-state index in [9.17, 15) is 9.59 Å². The van der Waals surface area contributed by atoms with Crippen LogP contribution in [0.3, 0.4) is 0 Å². The molecule has 28 heavy (non-hydrogen) atoms. The highest BCUT2D eigenvalue weighted by Crippen LogP contribution is 2.14. The number of hydrogen-bond donors (Lipinski definition) is 2. The first-order valence-corrected chi connectivity index (χ1v) is 9.67. The Labute approximate surface area is 169 Å². The molecule has 0 radical (unpaired) electrons. The van der Waals surface area contributed by atoms with E-state index >= 15 is 0 Å². The molecule has 7 heteroatoms. The number of nitrogens with one attached hydrogen (secondary N) is 2. The van der Waals surface area contributed by atoms with Crippen LogP contribution in [0.15, 0.2) is 48.5 Å². The van der Waals surface area contributed by atoms with Crippen LogP contribution in [0, 0.1) is 0 Å². The van der Waals surface area contributed by atoms with Crippen LogP contribution in [0.1, 0.15) is 21.5 Å². The maximum Gasteiger partial charge on any atom is 0.253 e. The van der Waals surface area contributed by atoms with E-state index in [0.717, 1.165) is 38.4 Å². The van der Waals surface area contributed by atoms with Crippen molar-refractivity contribution < 1.29 is 14.3 Å². The number of amides is 2. The monoisotopic (exact) mass is 401 g/mol. The number of carbonyl (C=O) groups excluding carboxylic acids is 2. The Hall–Kier alpha value is -2.41. The van der Waals surface area contributed by atoms with E-state index in [2.05, 4.69) is 21.6 Å². The van der Waals surface area contributed by atoms with Crippen LogP contribution in [0.2, 0.25) is 5.02 Å². The van der Waals surface area contributed by atoms with E-state index in [1.54, 1.807) is 24.3 Å². The van der Waals surface area contributed by atoms with E-state index in [1.165, 1.54) is 5.56 Å². The van der Waals surface area contributed by atoms with Crippen molar-refractivity contribution in [3.8, 4) is 0 Å². The lowest BCUT2D eigenvalue weighted by atomic mass is 10.1. The van der Waals surface area contributed by atoms with Crippen LogP contribution in [-0.4, -0.2) is 49.6 Å². The third-order valence-corrected chi connectivity index (χ3v) is 4.95.